The quantitative estimate of drug-likeness (QED) is 0.180. The summed E-state index contributed by atoms with van der Waals surface area (Å²) in [7, 11) is 0. The van der Waals surface area contributed by atoms with Gasteiger partial charge in [0.15, 0.2) is 11.6 Å². The third kappa shape index (κ3) is 11.3. The van der Waals surface area contributed by atoms with Gasteiger partial charge in [-0.3, -0.25) is 4.79 Å². The normalized spacial score (nSPS) is 11.8. The van der Waals surface area contributed by atoms with Gasteiger partial charge < -0.3 is 9.47 Å². The van der Waals surface area contributed by atoms with Crippen LogP contribution in [0.4, 0.5) is 0 Å². The first-order valence-electron chi connectivity index (χ1n) is 12.9. The highest BCUT2D eigenvalue weighted by molar-refractivity contribution is 5.72. The number of hydrogen-bond acceptors (Lipinski definition) is 5. The van der Waals surface area contributed by atoms with Crippen LogP contribution in [0.3, 0.4) is 0 Å². The van der Waals surface area contributed by atoms with Crippen molar-refractivity contribution < 1.29 is 14.3 Å². The largest absolute Gasteiger partial charge is 0.494 e. The first kappa shape index (κ1) is 26.8. The van der Waals surface area contributed by atoms with Gasteiger partial charge in [-0.05, 0) is 43.0 Å². The van der Waals surface area contributed by atoms with E-state index in [1.54, 1.807) is 12.4 Å². The van der Waals surface area contributed by atoms with Crippen LogP contribution in [0.5, 0.6) is 11.5 Å². The van der Waals surface area contributed by atoms with Crippen LogP contribution in [0, 0.1) is 5.92 Å². The fourth-order valence-electron chi connectivity index (χ4n) is 3.62. The maximum Gasteiger partial charge on any atom is 0.311 e. The van der Waals surface area contributed by atoms with E-state index in [0.29, 0.717) is 18.0 Å². The van der Waals surface area contributed by atoms with Gasteiger partial charge in [0, 0.05) is 12.0 Å². The molecule has 33 heavy (non-hydrogen) atoms. The Balaban J connectivity index is 1.68. The Morgan fingerprint density at radius 3 is 2.21 bits per heavy atom. The number of nitrogens with zero attached hydrogens (tertiary/aromatic N) is 2. The predicted octanol–water partition coefficient (Wildman–Crippen LogP) is 7.78. The average molecular weight is 455 g/mol. The second-order valence-electron chi connectivity index (χ2n) is 8.97. The zero-order valence-corrected chi connectivity index (χ0v) is 20.9. The molecule has 0 radical (unpaired) electrons. The minimum Gasteiger partial charge on any atom is -0.494 e. The molecule has 0 aliphatic rings. The minimum absolute atomic E-state index is 0.221. The van der Waals surface area contributed by atoms with Gasteiger partial charge in [-0.1, -0.05) is 78.6 Å². The molecule has 1 atom stereocenters. The summed E-state index contributed by atoms with van der Waals surface area (Å²) in [5.41, 5.74) is 0.904. The van der Waals surface area contributed by atoms with Crippen LogP contribution in [0.1, 0.15) is 97.8 Å². The van der Waals surface area contributed by atoms with Gasteiger partial charge in [-0.2, -0.15) is 0 Å². The van der Waals surface area contributed by atoms with Crippen molar-refractivity contribution in [1.82, 2.24) is 9.97 Å². The third-order valence-corrected chi connectivity index (χ3v) is 6.01. The maximum atomic E-state index is 12.0. The molecule has 1 unspecified atom stereocenters. The summed E-state index contributed by atoms with van der Waals surface area (Å²) < 4.78 is 11.2. The Morgan fingerprint density at radius 1 is 0.848 bits per heavy atom. The number of esters is 1. The molecule has 0 saturated carbocycles. The summed E-state index contributed by atoms with van der Waals surface area (Å²) in [5.74, 6) is 2.40. The first-order valence-corrected chi connectivity index (χ1v) is 12.9. The molecule has 0 bridgehead atoms. The summed E-state index contributed by atoms with van der Waals surface area (Å²) in [4.78, 5) is 20.7. The van der Waals surface area contributed by atoms with Crippen LogP contribution < -0.4 is 9.47 Å². The highest BCUT2D eigenvalue weighted by Gasteiger charge is 2.08. The summed E-state index contributed by atoms with van der Waals surface area (Å²) >= 11 is 0. The van der Waals surface area contributed by atoms with E-state index in [-0.39, 0.29) is 5.97 Å². The van der Waals surface area contributed by atoms with Crippen LogP contribution >= 0.6 is 0 Å². The number of ether oxygens (including phenoxy) is 2. The van der Waals surface area contributed by atoms with Crippen LogP contribution in [0.15, 0.2) is 36.7 Å². The molecule has 0 amide bonds. The number of carbonyl (C=O) groups excluding carboxylic acids is 1. The highest BCUT2D eigenvalue weighted by Crippen LogP contribution is 2.21. The van der Waals surface area contributed by atoms with Crippen molar-refractivity contribution in [2.24, 2.45) is 5.92 Å². The predicted molar refractivity (Wildman–Crippen MR) is 135 cm³/mol. The molecule has 0 saturated heterocycles. The molecule has 0 N–H and O–H groups in total. The standard InChI is InChI=1S/C28H42N2O3/c1-4-6-7-8-9-13-20-32-25-18-16-24(17-19-25)28-29-21-26(22-30-28)33-27(31)15-12-10-11-14-23(3)5-2/h16-19,21-23H,4-15,20H2,1-3H3. The zero-order valence-electron chi connectivity index (χ0n) is 20.9. The van der Waals surface area contributed by atoms with E-state index in [2.05, 4.69) is 30.7 Å². The molecule has 1 aromatic carbocycles. The van der Waals surface area contributed by atoms with Crippen LogP contribution in [-0.2, 0) is 4.79 Å². The monoisotopic (exact) mass is 454 g/mol. The van der Waals surface area contributed by atoms with Crippen molar-refractivity contribution in [2.75, 3.05) is 6.61 Å². The zero-order chi connectivity index (χ0) is 23.7. The van der Waals surface area contributed by atoms with Crippen molar-refractivity contribution in [1.29, 1.82) is 0 Å². The topological polar surface area (TPSA) is 61.3 Å². The number of rotatable bonds is 17. The molecule has 0 aliphatic heterocycles. The van der Waals surface area contributed by atoms with Crippen LogP contribution in [0.25, 0.3) is 11.4 Å². The van der Waals surface area contributed by atoms with E-state index in [1.807, 2.05) is 24.3 Å². The molecular weight excluding hydrogens is 412 g/mol. The Bertz CT molecular complexity index is 775. The summed E-state index contributed by atoms with van der Waals surface area (Å²) in [5, 5.41) is 0. The van der Waals surface area contributed by atoms with Gasteiger partial charge in [-0.25, -0.2) is 9.97 Å². The Labute approximate surface area is 200 Å². The van der Waals surface area contributed by atoms with E-state index in [0.717, 1.165) is 43.1 Å². The molecule has 0 fully saturated rings. The Hall–Kier alpha value is -2.43. The molecule has 2 rings (SSSR count). The number of unbranched alkanes of at least 4 members (excludes halogenated alkanes) is 7. The van der Waals surface area contributed by atoms with Gasteiger partial charge in [0.1, 0.15) is 5.75 Å². The second kappa shape index (κ2) is 16.2. The molecule has 0 aliphatic carbocycles. The lowest BCUT2D eigenvalue weighted by molar-refractivity contribution is -0.134. The van der Waals surface area contributed by atoms with Crippen molar-refractivity contribution in [3.05, 3.63) is 36.7 Å². The maximum absolute atomic E-state index is 12.0. The van der Waals surface area contributed by atoms with E-state index in [9.17, 15) is 4.79 Å². The number of hydrogen-bond donors (Lipinski definition) is 0. The molecule has 1 aromatic heterocycles. The van der Waals surface area contributed by atoms with E-state index in [4.69, 9.17) is 9.47 Å². The molecule has 2 aromatic rings. The van der Waals surface area contributed by atoms with Gasteiger partial charge in [0.05, 0.1) is 19.0 Å². The van der Waals surface area contributed by atoms with Crippen molar-refractivity contribution in [3.63, 3.8) is 0 Å². The number of benzene rings is 1. The van der Waals surface area contributed by atoms with Crippen LogP contribution in [-0.4, -0.2) is 22.5 Å². The van der Waals surface area contributed by atoms with Gasteiger partial charge >= 0.3 is 5.97 Å². The third-order valence-electron chi connectivity index (χ3n) is 6.01. The molecule has 5 heteroatoms. The average Bonchev–Trinajstić information content (AvgIpc) is 2.84. The van der Waals surface area contributed by atoms with Crippen molar-refractivity contribution in [3.8, 4) is 22.9 Å². The highest BCUT2D eigenvalue weighted by atomic mass is 16.5. The number of aromatic nitrogens is 2. The lowest BCUT2D eigenvalue weighted by Crippen LogP contribution is -2.08. The summed E-state index contributed by atoms with van der Waals surface area (Å²) in [6.07, 6.45) is 16.6. The summed E-state index contributed by atoms with van der Waals surface area (Å²) in [6.45, 7) is 7.48. The van der Waals surface area contributed by atoms with Crippen molar-refractivity contribution in [2.45, 2.75) is 97.8 Å². The minimum atomic E-state index is -0.221. The fraction of sp³-hybridized carbons (Fsp3) is 0.607. The molecule has 0 spiro atoms. The smallest absolute Gasteiger partial charge is 0.311 e. The SMILES string of the molecule is CCCCCCCCOc1ccc(-c2ncc(OC(=O)CCCCCC(C)CC)cn2)cc1. The Kier molecular flexibility index (Phi) is 13.2. The van der Waals surface area contributed by atoms with Crippen LogP contribution in [0.2, 0.25) is 0 Å². The van der Waals surface area contributed by atoms with Crippen molar-refractivity contribution >= 4 is 5.97 Å². The molecular formula is C28H42N2O3. The van der Waals surface area contributed by atoms with E-state index >= 15 is 0 Å². The van der Waals surface area contributed by atoms with Gasteiger partial charge in [-0.15, -0.1) is 0 Å². The molecule has 5 nitrogen and oxygen atoms in total. The molecule has 1 heterocycles. The van der Waals surface area contributed by atoms with E-state index in [1.165, 1.54) is 51.4 Å². The van der Waals surface area contributed by atoms with Gasteiger partial charge in [0.25, 0.3) is 0 Å². The fourth-order valence-corrected chi connectivity index (χ4v) is 3.62. The second-order valence-corrected chi connectivity index (χ2v) is 8.97. The van der Waals surface area contributed by atoms with Gasteiger partial charge in [0.2, 0.25) is 0 Å². The first-order chi connectivity index (χ1) is 16.1. The lowest BCUT2D eigenvalue weighted by Gasteiger charge is -2.08. The van der Waals surface area contributed by atoms with E-state index < -0.39 is 0 Å². The molecule has 182 valence electrons. The summed E-state index contributed by atoms with van der Waals surface area (Å²) in [6, 6.07) is 7.81. The lowest BCUT2D eigenvalue weighted by atomic mass is 10.0. The Morgan fingerprint density at radius 2 is 1.52 bits per heavy atom. The number of carbonyl (C=O) groups is 1.